The van der Waals surface area contributed by atoms with Crippen molar-refractivity contribution in [2.75, 3.05) is 0 Å². The summed E-state index contributed by atoms with van der Waals surface area (Å²) in [5.74, 6) is 0. The fourth-order valence-electron chi connectivity index (χ4n) is 0.973. The minimum Gasteiger partial charge on any atom is -0.390 e. The quantitative estimate of drug-likeness (QED) is 0.678. The van der Waals surface area contributed by atoms with E-state index in [9.17, 15) is 5.11 Å². The standard InChI is InChI=1S/C8H14N2O2/c1-8(2,12)6-10-4-3-7(5-11)9-10/h3-4,11-12H,5-6H2,1-2H3. The molecule has 12 heavy (non-hydrogen) atoms. The molecule has 0 spiro atoms. The van der Waals surface area contributed by atoms with Gasteiger partial charge in [0.15, 0.2) is 0 Å². The maximum absolute atomic E-state index is 9.43. The van der Waals surface area contributed by atoms with Crippen LogP contribution >= 0.6 is 0 Å². The van der Waals surface area contributed by atoms with Gasteiger partial charge in [0.05, 0.1) is 24.4 Å². The molecule has 1 aromatic heterocycles. The van der Waals surface area contributed by atoms with Crippen molar-refractivity contribution in [2.45, 2.75) is 32.6 Å². The molecule has 2 N–H and O–H groups in total. The van der Waals surface area contributed by atoms with Crippen molar-refractivity contribution in [2.24, 2.45) is 0 Å². The van der Waals surface area contributed by atoms with E-state index in [0.29, 0.717) is 12.2 Å². The van der Waals surface area contributed by atoms with Crippen LogP contribution in [0.2, 0.25) is 0 Å². The van der Waals surface area contributed by atoms with E-state index in [-0.39, 0.29) is 6.61 Å². The summed E-state index contributed by atoms with van der Waals surface area (Å²) in [6.07, 6.45) is 1.74. The Kier molecular flexibility index (Phi) is 2.49. The Labute approximate surface area is 71.5 Å². The van der Waals surface area contributed by atoms with Crippen molar-refractivity contribution in [3.05, 3.63) is 18.0 Å². The predicted molar refractivity (Wildman–Crippen MR) is 44.4 cm³/mol. The summed E-state index contributed by atoms with van der Waals surface area (Å²) in [5.41, 5.74) is -0.141. The first-order valence-electron chi connectivity index (χ1n) is 3.87. The van der Waals surface area contributed by atoms with Gasteiger partial charge in [-0.1, -0.05) is 0 Å². The lowest BCUT2D eigenvalue weighted by molar-refractivity contribution is 0.0574. The molecule has 0 aliphatic rings. The maximum atomic E-state index is 9.43. The second-order valence-corrected chi connectivity index (χ2v) is 3.48. The molecule has 1 rings (SSSR count). The zero-order valence-corrected chi connectivity index (χ0v) is 7.36. The Balaban J connectivity index is 2.64. The highest BCUT2D eigenvalue weighted by Gasteiger charge is 2.13. The van der Waals surface area contributed by atoms with E-state index in [1.807, 2.05) is 0 Å². The number of hydrogen-bond acceptors (Lipinski definition) is 3. The molecule has 0 saturated heterocycles. The van der Waals surface area contributed by atoms with Crippen LogP contribution in [0.3, 0.4) is 0 Å². The van der Waals surface area contributed by atoms with Crippen molar-refractivity contribution >= 4 is 0 Å². The Bertz CT molecular complexity index is 250. The molecule has 68 valence electrons. The van der Waals surface area contributed by atoms with Crippen LogP contribution < -0.4 is 0 Å². The van der Waals surface area contributed by atoms with Crippen LogP contribution in [0.5, 0.6) is 0 Å². The first kappa shape index (κ1) is 9.22. The topological polar surface area (TPSA) is 58.3 Å². The molecule has 0 bridgehead atoms. The van der Waals surface area contributed by atoms with Gasteiger partial charge in [-0.25, -0.2) is 0 Å². The summed E-state index contributed by atoms with van der Waals surface area (Å²) in [4.78, 5) is 0. The van der Waals surface area contributed by atoms with Gasteiger partial charge in [-0.2, -0.15) is 5.10 Å². The first-order valence-corrected chi connectivity index (χ1v) is 3.87. The highest BCUT2D eigenvalue weighted by Crippen LogP contribution is 2.05. The SMILES string of the molecule is CC(C)(O)Cn1ccc(CO)n1. The third kappa shape index (κ3) is 2.64. The average molecular weight is 170 g/mol. The van der Waals surface area contributed by atoms with Crippen LogP contribution in [0, 0.1) is 0 Å². The largest absolute Gasteiger partial charge is 0.390 e. The molecule has 0 aliphatic carbocycles. The molecule has 0 aliphatic heterocycles. The van der Waals surface area contributed by atoms with Crippen molar-refractivity contribution in [1.29, 1.82) is 0 Å². The molecule has 1 aromatic rings. The average Bonchev–Trinajstić information content (AvgIpc) is 2.32. The van der Waals surface area contributed by atoms with E-state index in [1.54, 1.807) is 30.8 Å². The van der Waals surface area contributed by atoms with E-state index in [1.165, 1.54) is 0 Å². The van der Waals surface area contributed by atoms with Crippen LogP contribution in [0.15, 0.2) is 12.3 Å². The molecular weight excluding hydrogens is 156 g/mol. The summed E-state index contributed by atoms with van der Waals surface area (Å²) in [5, 5.41) is 22.2. The van der Waals surface area contributed by atoms with Gasteiger partial charge < -0.3 is 10.2 Å². The second-order valence-electron chi connectivity index (χ2n) is 3.48. The highest BCUT2D eigenvalue weighted by molar-refractivity contribution is 4.96. The van der Waals surface area contributed by atoms with Gasteiger partial charge in [-0.05, 0) is 19.9 Å². The molecule has 0 fully saturated rings. The van der Waals surface area contributed by atoms with E-state index >= 15 is 0 Å². The maximum Gasteiger partial charge on any atom is 0.0878 e. The number of aromatic nitrogens is 2. The van der Waals surface area contributed by atoms with Crippen LogP contribution in [0.25, 0.3) is 0 Å². The molecule has 1 heterocycles. The summed E-state index contributed by atoms with van der Waals surface area (Å²) in [7, 11) is 0. The fraction of sp³-hybridized carbons (Fsp3) is 0.625. The van der Waals surface area contributed by atoms with Gasteiger partial charge in [0.2, 0.25) is 0 Å². The third-order valence-corrected chi connectivity index (χ3v) is 1.41. The number of rotatable bonds is 3. The highest BCUT2D eigenvalue weighted by atomic mass is 16.3. The molecule has 0 unspecified atom stereocenters. The Morgan fingerprint density at radius 1 is 1.58 bits per heavy atom. The van der Waals surface area contributed by atoms with E-state index < -0.39 is 5.60 Å². The predicted octanol–water partition coefficient (Wildman–Crippen LogP) is 0.146. The van der Waals surface area contributed by atoms with Crippen LogP contribution in [0.4, 0.5) is 0 Å². The number of hydrogen-bond donors (Lipinski definition) is 2. The number of aliphatic hydroxyl groups excluding tert-OH is 1. The lowest BCUT2D eigenvalue weighted by atomic mass is 10.1. The van der Waals surface area contributed by atoms with Crippen LogP contribution in [0.1, 0.15) is 19.5 Å². The van der Waals surface area contributed by atoms with Crippen molar-refractivity contribution in [3.63, 3.8) is 0 Å². The Hall–Kier alpha value is -0.870. The molecule has 0 radical (unpaired) electrons. The summed E-state index contributed by atoms with van der Waals surface area (Å²) >= 11 is 0. The van der Waals surface area contributed by atoms with Gasteiger partial charge in [-0.3, -0.25) is 4.68 Å². The summed E-state index contributed by atoms with van der Waals surface area (Å²) < 4.78 is 1.62. The molecule has 4 heteroatoms. The summed E-state index contributed by atoms with van der Waals surface area (Å²) in [6.45, 7) is 3.81. The third-order valence-electron chi connectivity index (χ3n) is 1.41. The molecule has 0 atom stereocenters. The zero-order chi connectivity index (χ0) is 9.19. The Morgan fingerprint density at radius 2 is 2.25 bits per heavy atom. The smallest absolute Gasteiger partial charge is 0.0878 e. The van der Waals surface area contributed by atoms with Crippen LogP contribution in [-0.2, 0) is 13.2 Å². The van der Waals surface area contributed by atoms with Crippen LogP contribution in [-0.4, -0.2) is 25.6 Å². The normalized spacial score (nSPS) is 12.0. The first-order chi connectivity index (χ1) is 5.51. The van der Waals surface area contributed by atoms with E-state index in [0.717, 1.165) is 0 Å². The van der Waals surface area contributed by atoms with Crippen molar-refractivity contribution in [1.82, 2.24) is 9.78 Å². The summed E-state index contributed by atoms with van der Waals surface area (Å²) in [6, 6.07) is 1.73. The molecule has 0 aromatic carbocycles. The van der Waals surface area contributed by atoms with Gasteiger partial charge >= 0.3 is 0 Å². The number of aliphatic hydroxyl groups is 2. The van der Waals surface area contributed by atoms with E-state index in [4.69, 9.17) is 5.11 Å². The second kappa shape index (κ2) is 3.25. The Morgan fingerprint density at radius 3 is 2.67 bits per heavy atom. The lowest BCUT2D eigenvalue weighted by Crippen LogP contribution is -2.26. The van der Waals surface area contributed by atoms with Gasteiger partial charge in [0.25, 0.3) is 0 Å². The van der Waals surface area contributed by atoms with Gasteiger partial charge in [-0.15, -0.1) is 0 Å². The molecule has 0 amide bonds. The molecular formula is C8H14N2O2. The zero-order valence-electron chi connectivity index (χ0n) is 7.36. The van der Waals surface area contributed by atoms with Crippen molar-refractivity contribution in [3.8, 4) is 0 Å². The molecule has 4 nitrogen and oxygen atoms in total. The minimum absolute atomic E-state index is 0.0567. The lowest BCUT2D eigenvalue weighted by Gasteiger charge is -2.16. The van der Waals surface area contributed by atoms with Gasteiger partial charge in [0, 0.05) is 6.20 Å². The van der Waals surface area contributed by atoms with Crippen molar-refractivity contribution < 1.29 is 10.2 Å². The number of nitrogens with zero attached hydrogens (tertiary/aromatic N) is 2. The minimum atomic E-state index is -0.765. The van der Waals surface area contributed by atoms with E-state index in [2.05, 4.69) is 5.10 Å². The molecule has 0 saturated carbocycles. The monoisotopic (exact) mass is 170 g/mol. The fourth-order valence-corrected chi connectivity index (χ4v) is 0.973. The van der Waals surface area contributed by atoms with Gasteiger partial charge in [0.1, 0.15) is 0 Å².